The zero-order chi connectivity index (χ0) is 14.3. The van der Waals surface area contributed by atoms with Crippen molar-refractivity contribution < 1.29 is 14.6 Å². The van der Waals surface area contributed by atoms with Gasteiger partial charge in [0.15, 0.2) is 0 Å². The van der Waals surface area contributed by atoms with Crippen molar-refractivity contribution >= 4 is 11.9 Å². The molecular weight excluding hydrogens is 246 g/mol. The van der Waals surface area contributed by atoms with E-state index in [4.69, 9.17) is 9.84 Å². The molecular formula is C13H21N3O3. The lowest BCUT2D eigenvalue weighted by molar-refractivity contribution is 0.0524. The van der Waals surface area contributed by atoms with Gasteiger partial charge in [-0.3, -0.25) is 0 Å². The van der Waals surface area contributed by atoms with Crippen LogP contribution in [-0.4, -0.2) is 47.3 Å². The van der Waals surface area contributed by atoms with E-state index in [1.807, 2.05) is 11.8 Å². The molecule has 1 heterocycles. The number of hydrogen-bond donors (Lipinski definition) is 1. The van der Waals surface area contributed by atoms with E-state index in [0.29, 0.717) is 30.4 Å². The molecule has 0 bridgehead atoms. The summed E-state index contributed by atoms with van der Waals surface area (Å²) >= 11 is 0. The highest BCUT2D eigenvalue weighted by Crippen LogP contribution is 2.12. The van der Waals surface area contributed by atoms with Crippen LogP contribution >= 0.6 is 0 Å². The van der Waals surface area contributed by atoms with Crippen LogP contribution in [0.1, 0.15) is 36.3 Å². The van der Waals surface area contributed by atoms with Gasteiger partial charge in [-0.2, -0.15) is 0 Å². The number of aliphatic hydroxyl groups is 1. The summed E-state index contributed by atoms with van der Waals surface area (Å²) in [5.41, 5.74) is 0.966. The molecule has 0 saturated carbocycles. The van der Waals surface area contributed by atoms with Gasteiger partial charge in [0.05, 0.1) is 24.5 Å². The van der Waals surface area contributed by atoms with Gasteiger partial charge in [0.2, 0.25) is 5.95 Å². The second-order valence-electron chi connectivity index (χ2n) is 4.10. The van der Waals surface area contributed by atoms with Crippen LogP contribution < -0.4 is 4.90 Å². The summed E-state index contributed by atoms with van der Waals surface area (Å²) in [6.45, 7) is 7.16. The van der Waals surface area contributed by atoms with Gasteiger partial charge in [-0.1, -0.05) is 6.92 Å². The molecule has 106 valence electrons. The van der Waals surface area contributed by atoms with Crippen LogP contribution in [0.5, 0.6) is 0 Å². The van der Waals surface area contributed by atoms with Crippen molar-refractivity contribution in [2.24, 2.45) is 0 Å². The van der Waals surface area contributed by atoms with E-state index in [-0.39, 0.29) is 6.61 Å². The Hall–Kier alpha value is -1.69. The molecule has 1 aromatic rings. The second kappa shape index (κ2) is 7.68. The first kappa shape index (κ1) is 15.4. The predicted molar refractivity (Wildman–Crippen MR) is 72.3 cm³/mol. The van der Waals surface area contributed by atoms with Gasteiger partial charge < -0.3 is 14.7 Å². The minimum atomic E-state index is -0.407. The fraction of sp³-hybridized carbons (Fsp3) is 0.615. The third-order valence-corrected chi connectivity index (χ3v) is 2.61. The van der Waals surface area contributed by atoms with Crippen LogP contribution in [0.25, 0.3) is 0 Å². The van der Waals surface area contributed by atoms with Crippen LogP contribution in [-0.2, 0) is 4.74 Å². The zero-order valence-corrected chi connectivity index (χ0v) is 11.7. The van der Waals surface area contributed by atoms with Crippen molar-refractivity contribution in [2.45, 2.75) is 27.2 Å². The molecule has 6 heteroatoms. The average molecular weight is 267 g/mol. The Labute approximate surface area is 113 Å². The van der Waals surface area contributed by atoms with E-state index in [0.717, 1.165) is 13.0 Å². The fourth-order valence-corrected chi connectivity index (χ4v) is 1.72. The number of rotatable bonds is 7. The van der Waals surface area contributed by atoms with Crippen LogP contribution in [0.2, 0.25) is 0 Å². The van der Waals surface area contributed by atoms with Crippen molar-refractivity contribution in [2.75, 3.05) is 31.2 Å². The summed E-state index contributed by atoms with van der Waals surface area (Å²) in [5.74, 6) is 0.122. The average Bonchev–Trinajstić information content (AvgIpc) is 2.38. The number of carbonyl (C=O) groups excluding carboxylic acids is 1. The monoisotopic (exact) mass is 267 g/mol. The highest BCUT2D eigenvalue weighted by atomic mass is 16.5. The molecule has 0 aliphatic rings. The topological polar surface area (TPSA) is 75.5 Å². The summed E-state index contributed by atoms with van der Waals surface area (Å²) in [7, 11) is 0. The molecule has 0 fully saturated rings. The largest absolute Gasteiger partial charge is 0.462 e. The maximum atomic E-state index is 11.6. The van der Waals surface area contributed by atoms with Crippen molar-refractivity contribution in [1.29, 1.82) is 0 Å². The summed E-state index contributed by atoms with van der Waals surface area (Å²) in [4.78, 5) is 22.0. The molecule has 6 nitrogen and oxygen atoms in total. The summed E-state index contributed by atoms with van der Waals surface area (Å²) in [6, 6.07) is 0. The molecule has 0 spiro atoms. The van der Waals surface area contributed by atoms with Gasteiger partial charge >= 0.3 is 5.97 Å². The Morgan fingerprint density at radius 1 is 1.42 bits per heavy atom. The number of esters is 1. The van der Waals surface area contributed by atoms with Gasteiger partial charge in [0, 0.05) is 19.3 Å². The van der Waals surface area contributed by atoms with E-state index in [2.05, 4.69) is 9.97 Å². The molecule has 19 heavy (non-hydrogen) atoms. The molecule has 0 aliphatic heterocycles. The lowest BCUT2D eigenvalue weighted by Crippen LogP contribution is -2.29. The SMILES string of the molecule is CCCN(CCO)c1ncc(C(=O)OCC)c(C)n1. The number of aryl methyl sites for hydroxylation is 1. The molecule has 0 aromatic carbocycles. The number of anilines is 1. The molecule has 0 aliphatic carbocycles. The predicted octanol–water partition coefficient (Wildman–Crippen LogP) is 1.17. The molecule has 0 saturated heterocycles. The number of aliphatic hydroxyl groups excluding tert-OH is 1. The van der Waals surface area contributed by atoms with Crippen molar-refractivity contribution in [1.82, 2.24) is 9.97 Å². The van der Waals surface area contributed by atoms with Crippen molar-refractivity contribution in [3.63, 3.8) is 0 Å². The number of aromatic nitrogens is 2. The maximum absolute atomic E-state index is 11.6. The van der Waals surface area contributed by atoms with Gasteiger partial charge in [0.25, 0.3) is 0 Å². The quantitative estimate of drug-likeness (QED) is 0.747. The summed E-state index contributed by atoms with van der Waals surface area (Å²) < 4.78 is 4.93. The Bertz CT molecular complexity index is 418. The van der Waals surface area contributed by atoms with Crippen molar-refractivity contribution in [3.8, 4) is 0 Å². The standard InChI is InChI=1S/C13H21N3O3/c1-4-6-16(7-8-17)13-14-9-11(10(3)15-13)12(18)19-5-2/h9,17H,4-8H2,1-3H3. The van der Waals surface area contributed by atoms with E-state index < -0.39 is 5.97 Å². The van der Waals surface area contributed by atoms with E-state index in [1.54, 1.807) is 13.8 Å². The molecule has 1 rings (SSSR count). The molecule has 0 unspecified atom stereocenters. The minimum Gasteiger partial charge on any atom is -0.462 e. The van der Waals surface area contributed by atoms with Crippen LogP contribution in [0.3, 0.4) is 0 Å². The number of hydrogen-bond acceptors (Lipinski definition) is 6. The van der Waals surface area contributed by atoms with Gasteiger partial charge in [-0.25, -0.2) is 14.8 Å². The van der Waals surface area contributed by atoms with Crippen molar-refractivity contribution in [3.05, 3.63) is 17.5 Å². The molecule has 0 amide bonds. The molecule has 0 atom stereocenters. The van der Waals surface area contributed by atoms with Crippen LogP contribution in [0.4, 0.5) is 5.95 Å². The lowest BCUT2D eigenvalue weighted by atomic mass is 10.2. The third kappa shape index (κ3) is 4.17. The molecule has 1 aromatic heterocycles. The zero-order valence-electron chi connectivity index (χ0n) is 11.7. The third-order valence-electron chi connectivity index (χ3n) is 2.61. The van der Waals surface area contributed by atoms with Gasteiger partial charge in [0.1, 0.15) is 0 Å². The first-order chi connectivity index (χ1) is 9.13. The van der Waals surface area contributed by atoms with Crippen LogP contribution in [0.15, 0.2) is 6.20 Å². The number of ether oxygens (including phenoxy) is 1. The second-order valence-corrected chi connectivity index (χ2v) is 4.10. The summed E-state index contributed by atoms with van der Waals surface area (Å²) in [6.07, 6.45) is 2.41. The Morgan fingerprint density at radius 3 is 2.68 bits per heavy atom. The Balaban J connectivity index is 2.93. The van der Waals surface area contributed by atoms with E-state index >= 15 is 0 Å². The first-order valence-electron chi connectivity index (χ1n) is 6.50. The lowest BCUT2D eigenvalue weighted by Gasteiger charge is -2.21. The maximum Gasteiger partial charge on any atom is 0.341 e. The van der Waals surface area contributed by atoms with Crippen LogP contribution in [0, 0.1) is 6.92 Å². The first-order valence-corrected chi connectivity index (χ1v) is 6.50. The van der Waals surface area contributed by atoms with E-state index in [1.165, 1.54) is 6.20 Å². The fourth-order valence-electron chi connectivity index (χ4n) is 1.72. The Morgan fingerprint density at radius 2 is 2.16 bits per heavy atom. The minimum absolute atomic E-state index is 0.0437. The smallest absolute Gasteiger partial charge is 0.341 e. The number of nitrogens with zero attached hydrogens (tertiary/aromatic N) is 3. The van der Waals surface area contributed by atoms with Gasteiger partial charge in [-0.15, -0.1) is 0 Å². The highest BCUT2D eigenvalue weighted by molar-refractivity contribution is 5.90. The Kier molecular flexibility index (Phi) is 6.21. The summed E-state index contributed by atoms with van der Waals surface area (Å²) in [5, 5.41) is 9.04. The van der Waals surface area contributed by atoms with E-state index in [9.17, 15) is 4.79 Å². The normalized spacial score (nSPS) is 10.3. The number of carbonyl (C=O) groups is 1. The highest BCUT2D eigenvalue weighted by Gasteiger charge is 2.15. The molecule has 1 N–H and O–H groups in total. The van der Waals surface area contributed by atoms with Gasteiger partial charge in [-0.05, 0) is 20.3 Å². The molecule has 0 radical (unpaired) electrons.